The molecule has 0 unspecified atom stereocenters. The van der Waals surface area contributed by atoms with Crippen molar-refractivity contribution in [3.63, 3.8) is 0 Å². The van der Waals surface area contributed by atoms with E-state index in [0.717, 1.165) is 47.7 Å². The first kappa shape index (κ1) is 25.0. The zero-order chi connectivity index (χ0) is 24.6. The van der Waals surface area contributed by atoms with Crippen LogP contribution in [0.5, 0.6) is 0 Å². The van der Waals surface area contributed by atoms with Crippen LogP contribution < -0.4 is 4.90 Å². The minimum absolute atomic E-state index is 0.115. The van der Waals surface area contributed by atoms with Gasteiger partial charge in [0.2, 0.25) is 11.8 Å². The second-order valence-corrected chi connectivity index (χ2v) is 9.86. The molecule has 35 heavy (non-hydrogen) atoms. The molecule has 6 nitrogen and oxygen atoms in total. The molecule has 1 fully saturated rings. The number of carbonyl (C=O) groups is 1. The number of amides is 1. The van der Waals surface area contributed by atoms with E-state index in [0.29, 0.717) is 25.6 Å². The highest BCUT2D eigenvalue weighted by atomic mass is 16.5. The van der Waals surface area contributed by atoms with Gasteiger partial charge < -0.3 is 19.2 Å². The summed E-state index contributed by atoms with van der Waals surface area (Å²) in [6.07, 6.45) is 6.50. The lowest BCUT2D eigenvalue weighted by molar-refractivity contribution is -0.131. The Balaban J connectivity index is 1.66. The van der Waals surface area contributed by atoms with Crippen molar-refractivity contribution in [2.24, 2.45) is 0 Å². The van der Waals surface area contributed by atoms with Gasteiger partial charge in [-0.15, -0.1) is 0 Å². The van der Waals surface area contributed by atoms with E-state index >= 15 is 0 Å². The summed E-state index contributed by atoms with van der Waals surface area (Å²) < 4.78 is 6.02. The molecule has 0 aliphatic heterocycles. The number of anilines is 1. The third-order valence-corrected chi connectivity index (χ3v) is 6.97. The molecule has 1 amide bonds. The maximum Gasteiger partial charge on any atom is 0.232 e. The van der Waals surface area contributed by atoms with Crippen LogP contribution in [0.25, 0.3) is 11.3 Å². The second kappa shape index (κ2) is 12.0. The normalized spacial score (nSPS) is 14.3. The van der Waals surface area contributed by atoms with Crippen molar-refractivity contribution in [3.8, 4) is 11.3 Å². The summed E-state index contributed by atoms with van der Waals surface area (Å²) in [5.74, 6) is 0.905. The molecule has 1 aliphatic rings. The Bertz CT molecular complexity index is 1060. The summed E-state index contributed by atoms with van der Waals surface area (Å²) in [7, 11) is 6.19. The van der Waals surface area contributed by atoms with Crippen molar-refractivity contribution in [2.75, 3.05) is 39.1 Å². The van der Waals surface area contributed by atoms with Gasteiger partial charge in [0.1, 0.15) is 5.69 Å². The van der Waals surface area contributed by atoms with Crippen LogP contribution >= 0.6 is 0 Å². The minimum atomic E-state index is 0.115. The topological polar surface area (TPSA) is 52.8 Å². The number of carbonyl (C=O) groups excluding carboxylic acids is 1. The zero-order valence-electron chi connectivity index (χ0n) is 21.3. The molecule has 2 aromatic carbocycles. The fraction of sp³-hybridized carbons (Fsp3) is 0.448. The van der Waals surface area contributed by atoms with Crippen molar-refractivity contribution in [1.82, 2.24) is 15.0 Å². The standard InChI is InChI=1S/C29H38N4O2/c1-31(2)19-20-33(27(34)21-23-13-7-4-8-14-23)22-26-28(24-15-9-5-10-16-24)30-35-29(26)32(3)25-17-11-6-12-18-25/h4-5,7-10,13-16,25H,6,11-12,17-22H2,1-3H3. The summed E-state index contributed by atoms with van der Waals surface area (Å²) in [5, 5.41) is 4.53. The molecule has 3 aromatic rings. The molecule has 186 valence electrons. The Morgan fingerprint density at radius 3 is 2.23 bits per heavy atom. The van der Waals surface area contributed by atoms with E-state index in [-0.39, 0.29) is 5.91 Å². The SMILES string of the molecule is CN(C)CCN(Cc1c(-c2ccccc2)noc1N(C)C1CCCCC1)C(=O)Cc1ccccc1. The number of hydrogen-bond acceptors (Lipinski definition) is 5. The molecule has 0 radical (unpaired) electrons. The lowest BCUT2D eigenvalue weighted by atomic mass is 9.94. The molecule has 0 spiro atoms. The van der Waals surface area contributed by atoms with Crippen molar-refractivity contribution < 1.29 is 9.32 Å². The van der Waals surface area contributed by atoms with Crippen LogP contribution in [0.4, 0.5) is 5.88 Å². The van der Waals surface area contributed by atoms with Crippen molar-refractivity contribution >= 4 is 11.8 Å². The molecular weight excluding hydrogens is 436 g/mol. The molecule has 1 aromatic heterocycles. The highest BCUT2D eigenvalue weighted by Crippen LogP contribution is 2.35. The molecule has 1 saturated carbocycles. The molecule has 0 atom stereocenters. The zero-order valence-corrected chi connectivity index (χ0v) is 21.3. The Hall–Kier alpha value is -3.12. The number of likely N-dealkylation sites (N-methyl/N-ethyl adjacent to an activating group) is 1. The fourth-order valence-corrected chi connectivity index (χ4v) is 4.86. The van der Waals surface area contributed by atoms with Crippen molar-refractivity contribution in [1.29, 1.82) is 0 Å². The van der Waals surface area contributed by atoms with Crippen LogP contribution in [0, 0.1) is 0 Å². The smallest absolute Gasteiger partial charge is 0.232 e. The van der Waals surface area contributed by atoms with E-state index in [9.17, 15) is 4.79 Å². The predicted molar refractivity (Wildman–Crippen MR) is 141 cm³/mol. The van der Waals surface area contributed by atoms with Gasteiger partial charge in [-0.05, 0) is 32.5 Å². The lowest BCUT2D eigenvalue weighted by Gasteiger charge is -2.32. The van der Waals surface area contributed by atoms with E-state index in [1.165, 1.54) is 19.3 Å². The average Bonchev–Trinajstić information content (AvgIpc) is 3.31. The monoisotopic (exact) mass is 474 g/mol. The first-order valence-corrected chi connectivity index (χ1v) is 12.8. The van der Waals surface area contributed by atoms with Gasteiger partial charge in [0, 0.05) is 31.7 Å². The Labute approximate surface area is 209 Å². The highest BCUT2D eigenvalue weighted by Gasteiger charge is 2.28. The van der Waals surface area contributed by atoms with Crippen molar-refractivity contribution in [3.05, 3.63) is 71.8 Å². The molecule has 1 aliphatic carbocycles. The van der Waals surface area contributed by atoms with Crippen LogP contribution in [-0.2, 0) is 17.8 Å². The predicted octanol–water partition coefficient (Wildman–Crippen LogP) is 5.24. The van der Waals surface area contributed by atoms with Gasteiger partial charge in [-0.2, -0.15) is 0 Å². The molecule has 0 N–H and O–H groups in total. The summed E-state index contributed by atoms with van der Waals surface area (Å²) in [5.41, 5.74) is 3.85. The van der Waals surface area contributed by atoms with Gasteiger partial charge in [0.15, 0.2) is 0 Å². The molecule has 6 heteroatoms. The van der Waals surface area contributed by atoms with Crippen LogP contribution in [0.1, 0.15) is 43.2 Å². The molecule has 0 bridgehead atoms. The number of benzene rings is 2. The largest absolute Gasteiger partial charge is 0.340 e. The van der Waals surface area contributed by atoms with Gasteiger partial charge >= 0.3 is 0 Å². The second-order valence-electron chi connectivity index (χ2n) is 9.86. The Morgan fingerprint density at radius 2 is 1.57 bits per heavy atom. The molecular formula is C29H38N4O2. The summed E-state index contributed by atoms with van der Waals surface area (Å²) in [4.78, 5) is 19.9. The minimum Gasteiger partial charge on any atom is -0.340 e. The number of hydrogen-bond donors (Lipinski definition) is 0. The molecule has 0 saturated heterocycles. The maximum absolute atomic E-state index is 13.5. The molecule has 1 heterocycles. The summed E-state index contributed by atoms with van der Waals surface area (Å²) in [6, 6.07) is 20.6. The van der Waals surface area contributed by atoms with E-state index in [2.05, 4.69) is 34.1 Å². The third kappa shape index (κ3) is 6.51. The fourth-order valence-electron chi connectivity index (χ4n) is 4.86. The van der Waals surface area contributed by atoms with Gasteiger partial charge in [0.05, 0.1) is 18.5 Å². The maximum atomic E-state index is 13.5. The quantitative estimate of drug-likeness (QED) is 0.402. The first-order valence-electron chi connectivity index (χ1n) is 12.8. The summed E-state index contributed by atoms with van der Waals surface area (Å²) >= 11 is 0. The Kier molecular flexibility index (Phi) is 8.59. The van der Waals surface area contributed by atoms with Gasteiger partial charge in [-0.25, -0.2) is 0 Å². The lowest BCUT2D eigenvalue weighted by Crippen LogP contribution is -2.38. The van der Waals surface area contributed by atoms with Crippen LogP contribution in [0.2, 0.25) is 0 Å². The van der Waals surface area contributed by atoms with Crippen LogP contribution in [-0.4, -0.2) is 61.1 Å². The Morgan fingerprint density at radius 1 is 0.914 bits per heavy atom. The van der Waals surface area contributed by atoms with Crippen LogP contribution in [0.3, 0.4) is 0 Å². The molecule has 4 rings (SSSR count). The van der Waals surface area contributed by atoms with E-state index < -0.39 is 0 Å². The van der Waals surface area contributed by atoms with Crippen molar-refractivity contribution in [2.45, 2.75) is 51.1 Å². The van der Waals surface area contributed by atoms with Crippen LogP contribution in [0.15, 0.2) is 65.2 Å². The third-order valence-electron chi connectivity index (χ3n) is 6.97. The van der Waals surface area contributed by atoms with Gasteiger partial charge in [0.25, 0.3) is 0 Å². The van der Waals surface area contributed by atoms with E-state index in [1.54, 1.807) is 0 Å². The first-order chi connectivity index (χ1) is 17.0. The summed E-state index contributed by atoms with van der Waals surface area (Å²) in [6.45, 7) is 1.91. The van der Waals surface area contributed by atoms with E-state index in [4.69, 9.17) is 4.52 Å². The highest BCUT2D eigenvalue weighted by molar-refractivity contribution is 5.79. The number of rotatable bonds is 10. The number of aromatic nitrogens is 1. The van der Waals surface area contributed by atoms with E-state index in [1.807, 2.05) is 67.5 Å². The number of nitrogens with zero attached hydrogens (tertiary/aromatic N) is 4. The van der Waals surface area contributed by atoms with Gasteiger partial charge in [-0.3, -0.25) is 4.79 Å². The average molecular weight is 475 g/mol. The van der Waals surface area contributed by atoms with Gasteiger partial charge in [-0.1, -0.05) is 85.1 Å².